The minimum Gasteiger partial charge on any atom is -0.493 e. The van der Waals surface area contributed by atoms with Gasteiger partial charge in [-0.2, -0.15) is 13.2 Å². The van der Waals surface area contributed by atoms with Gasteiger partial charge in [0.15, 0.2) is 0 Å². The normalized spacial score (nSPS) is 18.1. The van der Waals surface area contributed by atoms with E-state index in [-0.39, 0.29) is 24.1 Å². The maximum absolute atomic E-state index is 13.1. The minimum absolute atomic E-state index is 0.0580. The van der Waals surface area contributed by atoms with Crippen LogP contribution in [0.15, 0.2) is 18.2 Å². The summed E-state index contributed by atoms with van der Waals surface area (Å²) in [5.74, 6) is -0.262. The monoisotopic (exact) mass is 361 g/mol. The molecule has 3 N–H and O–H groups in total. The smallest absolute Gasteiger partial charge is 0.420 e. The van der Waals surface area contributed by atoms with Gasteiger partial charge < -0.3 is 25.4 Å². The summed E-state index contributed by atoms with van der Waals surface area (Å²) in [5, 5.41) is 2.50. The second-order valence-corrected chi connectivity index (χ2v) is 5.59. The third-order valence-corrected chi connectivity index (χ3v) is 3.75. The van der Waals surface area contributed by atoms with Crippen LogP contribution in [0.4, 0.5) is 23.7 Å². The maximum atomic E-state index is 13.1. The number of carbonyl (C=O) groups is 1. The minimum atomic E-state index is -4.57. The Kier molecular flexibility index (Phi) is 6.49. The van der Waals surface area contributed by atoms with Crippen molar-refractivity contribution in [2.75, 3.05) is 38.2 Å². The number of hydrogen-bond donors (Lipinski definition) is 2. The molecule has 0 aliphatic carbocycles. The van der Waals surface area contributed by atoms with E-state index < -0.39 is 17.8 Å². The van der Waals surface area contributed by atoms with Crippen molar-refractivity contribution in [3.63, 3.8) is 0 Å². The van der Waals surface area contributed by atoms with Crippen LogP contribution in [0.2, 0.25) is 0 Å². The van der Waals surface area contributed by atoms with Crippen LogP contribution in [-0.4, -0.2) is 49.9 Å². The molecule has 9 heteroatoms. The zero-order valence-corrected chi connectivity index (χ0v) is 13.9. The molecule has 0 saturated carbocycles. The van der Waals surface area contributed by atoms with Gasteiger partial charge in [0.25, 0.3) is 0 Å². The van der Waals surface area contributed by atoms with E-state index in [1.165, 1.54) is 17.0 Å². The number of alkyl halides is 3. The number of morpholine rings is 1. The van der Waals surface area contributed by atoms with Crippen LogP contribution in [0, 0.1) is 0 Å². The summed E-state index contributed by atoms with van der Waals surface area (Å²) in [4.78, 5) is 13.8. The number of benzene rings is 1. The Balaban J connectivity index is 2.10. The molecular formula is C16H22F3N3O3. The van der Waals surface area contributed by atoms with Crippen LogP contribution in [0.5, 0.6) is 5.75 Å². The molecule has 2 amide bonds. The van der Waals surface area contributed by atoms with Crippen LogP contribution in [0.1, 0.15) is 18.9 Å². The molecule has 0 unspecified atom stereocenters. The number of carbonyl (C=O) groups excluding carboxylic acids is 1. The average molecular weight is 361 g/mol. The van der Waals surface area contributed by atoms with Crippen molar-refractivity contribution in [1.29, 1.82) is 0 Å². The van der Waals surface area contributed by atoms with Gasteiger partial charge >= 0.3 is 12.2 Å². The summed E-state index contributed by atoms with van der Waals surface area (Å²) in [6.07, 6.45) is -4.11. The summed E-state index contributed by atoms with van der Waals surface area (Å²) < 4.78 is 49.9. The first kappa shape index (κ1) is 19.3. The highest BCUT2D eigenvalue weighted by atomic mass is 19.4. The topological polar surface area (TPSA) is 76.8 Å². The quantitative estimate of drug-likeness (QED) is 0.845. The standard InChI is InChI=1S/C16H22F3N3O3/c1-2-24-14-4-3-11(9-13(14)16(17,18)19)21-15(23)22-7-8-25-12(10-22)5-6-20/h3-4,9,12H,2,5-8,10,20H2,1H3,(H,21,23)/t12-/m1/s1. The first-order valence-corrected chi connectivity index (χ1v) is 8.06. The molecule has 0 bridgehead atoms. The van der Waals surface area contributed by atoms with Gasteiger partial charge in [-0.3, -0.25) is 0 Å². The summed E-state index contributed by atoms with van der Waals surface area (Å²) in [6.45, 7) is 3.25. The molecule has 1 aliphatic rings. The van der Waals surface area contributed by atoms with E-state index in [0.29, 0.717) is 32.7 Å². The SMILES string of the molecule is CCOc1ccc(NC(=O)N2CCO[C@H](CCN)C2)cc1C(F)(F)F. The highest BCUT2D eigenvalue weighted by Crippen LogP contribution is 2.38. The van der Waals surface area contributed by atoms with Crippen molar-refractivity contribution in [3.8, 4) is 5.75 Å². The van der Waals surface area contributed by atoms with E-state index in [4.69, 9.17) is 15.2 Å². The van der Waals surface area contributed by atoms with E-state index in [1.807, 2.05) is 0 Å². The molecule has 1 saturated heterocycles. The summed E-state index contributed by atoms with van der Waals surface area (Å²) in [5.41, 5.74) is 4.62. The molecule has 0 radical (unpaired) electrons. The molecule has 0 aromatic heterocycles. The van der Waals surface area contributed by atoms with Crippen molar-refractivity contribution < 1.29 is 27.4 Å². The lowest BCUT2D eigenvalue weighted by Gasteiger charge is -2.32. The van der Waals surface area contributed by atoms with Gasteiger partial charge in [-0.15, -0.1) is 0 Å². The van der Waals surface area contributed by atoms with Crippen LogP contribution in [-0.2, 0) is 10.9 Å². The summed E-state index contributed by atoms with van der Waals surface area (Å²) in [7, 11) is 0. The Morgan fingerprint density at radius 2 is 2.24 bits per heavy atom. The number of rotatable bonds is 5. The lowest BCUT2D eigenvalue weighted by atomic mass is 10.1. The van der Waals surface area contributed by atoms with Crippen molar-refractivity contribution in [2.45, 2.75) is 25.6 Å². The van der Waals surface area contributed by atoms with Gasteiger partial charge in [0.05, 0.1) is 24.9 Å². The Labute approximate surface area is 144 Å². The van der Waals surface area contributed by atoms with Crippen molar-refractivity contribution in [3.05, 3.63) is 23.8 Å². The first-order chi connectivity index (χ1) is 11.8. The number of hydrogen-bond acceptors (Lipinski definition) is 4. The van der Waals surface area contributed by atoms with E-state index in [2.05, 4.69) is 5.32 Å². The predicted molar refractivity (Wildman–Crippen MR) is 86.6 cm³/mol. The number of halogens is 3. The molecule has 1 fully saturated rings. The molecule has 6 nitrogen and oxygen atoms in total. The second kappa shape index (κ2) is 8.39. The van der Waals surface area contributed by atoms with E-state index >= 15 is 0 Å². The van der Waals surface area contributed by atoms with Gasteiger partial charge in [-0.05, 0) is 38.1 Å². The number of nitrogens with two attached hydrogens (primary N) is 1. The zero-order chi connectivity index (χ0) is 18.4. The van der Waals surface area contributed by atoms with E-state index in [9.17, 15) is 18.0 Å². The molecule has 1 aromatic rings. The Bertz CT molecular complexity index is 594. The van der Waals surface area contributed by atoms with Gasteiger partial charge in [0.2, 0.25) is 0 Å². The number of ether oxygens (including phenoxy) is 2. The zero-order valence-electron chi connectivity index (χ0n) is 13.9. The molecule has 2 rings (SSSR count). The molecule has 25 heavy (non-hydrogen) atoms. The average Bonchev–Trinajstić information content (AvgIpc) is 2.56. The fourth-order valence-electron chi connectivity index (χ4n) is 2.58. The maximum Gasteiger partial charge on any atom is 0.420 e. The molecule has 0 spiro atoms. The molecular weight excluding hydrogens is 339 g/mol. The second-order valence-electron chi connectivity index (χ2n) is 5.59. The van der Waals surface area contributed by atoms with Crippen LogP contribution < -0.4 is 15.8 Å². The van der Waals surface area contributed by atoms with Crippen LogP contribution in [0.3, 0.4) is 0 Å². The van der Waals surface area contributed by atoms with Crippen LogP contribution in [0.25, 0.3) is 0 Å². The molecule has 1 aliphatic heterocycles. The predicted octanol–water partition coefficient (Wildman–Crippen LogP) is 2.69. The lowest BCUT2D eigenvalue weighted by molar-refractivity contribution is -0.138. The van der Waals surface area contributed by atoms with Gasteiger partial charge in [0.1, 0.15) is 5.75 Å². The highest BCUT2D eigenvalue weighted by Gasteiger charge is 2.35. The van der Waals surface area contributed by atoms with Gasteiger partial charge in [-0.25, -0.2) is 4.79 Å². The molecule has 1 heterocycles. The number of nitrogens with one attached hydrogen (secondary N) is 1. The number of anilines is 1. The molecule has 140 valence electrons. The van der Waals surface area contributed by atoms with Gasteiger partial charge in [0, 0.05) is 18.8 Å². The third-order valence-electron chi connectivity index (χ3n) is 3.75. The molecule has 1 aromatic carbocycles. The van der Waals surface area contributed by atoms with Crippen molar-refractivity contribution >= 4 is 11.7 Å². The van der Waals surface area contributed by atoms with E-state index in [0.717, 1.165) is 6.07 Å². The summed E-state index contributed by atoms with van der Waals surface area (Å²) >= 11 is 0. The number of amides is 2. The lowest BCUT2D eigenvalue weighted by Crippen LogP contribution is -2.47. The Hall–Kier alpha value is -2.00. The van der Waals surface area contributed by atoms with E-state index in [1.54, 1.807) is 6.92 Å². The van der Waals surface area contributed by atoms with Crippen LogP contribution >= 0.6 is 0 Å². The Morgan fingerprint density at radius 1 is 1.48 bits per heavy atom. The Morgan fingerprint density at radius 3 is 2.88 bits per heavy atom. The largest absolute Gasteiger partial charge is 0.493 e. The van der Waals surface area contributed by atoms with Gasteiger partial charge in [-0.1, -0.05) is 0 Å². The van der Waals surface area contributed by atoms with Crippen molar-refractivity contribution in [1.82, 2.24) is 4.90 Å². The number of urea groups is 1. The highest BCUT2D eigenvalue weighted by molar-refractivity contribution is 5.89. The number of nitrogens with zero attached hydrogens (tertiary/aromatic N) is 1. The fraction of sp³-hybridized carbons (Fsp3) is 0.562. The fourth-order valence-corrected chi connectivity index (χ4v) is 2.58. The summed E-state index contributed by atoms with van der Waals surface area (Å²) in [6, 6.07) is 3.00. The van der Waals surface area contributed by atoms with Crippen molar-refractivity contribution in [2.24, 2.45) is 5.73 Å². The first-order valence-electron chi connectivity index (χ1n) is 8.06. The third kappa shape index (κ3) is 5.23. The molecule has 1 atom stereocenters.